The van der Waals surface area contributed by atoms with E-state index in [-0.39, 0.29) is 18.4 Å². The largest absolute Gasteiger partial charge is 0.382 e. The average molecular weight is 530 g/mol. The lowest BCUT2D eigenvalue weighted by Crippen LogP contribution is -2.37. The van der Waals surface area contributed by atoms with Gasteiger partial charge in [-0.1, -0.05) is 42.5 Å². The number of methoxy groups -OCH3 is 1. The summed E-state index contributed by atoms with van der Waals surface area (Å²) in [6.45, 7) is 3.91. The minimum Gasteiger partial charge on any atom is -0.382 e. The second-order valence-electron chi connectivity index (χ2n) is 9.00. The van der Waals surface area contributed by atoms with E-state index in [9.17, 15) is 13.2 Å². The first kappa shape index (κ1) is 27.3. The first-order valence-electron chi connectivity index (χ1n) is 12.5. The van der Waals surface area contributed by atoms with E-state index in [0.717, 1.165) is 16.8 Å². The fourth-order valence-corrected chi connectivity index (χ4v) is 5.63. The summed E-state index contributed by atoms with van der Waals surface area (Å²) in [4.78, 5) is 14.5. The maximum Gasteiger partial charge on any atom is 0.322 e. The topological polar surface area (TPSA) is 97.4 Å². The summed E-state index contributed by atoms with van der Waals surface area (Å²) in [7, 11) is -1.78. The van der Waals surface area contributed by atoms with E-state index in [2.05, 4.69) is 17.4 Å². The molecule has 200 valence electrons. The molecule has 2 aromatic rings. The van der Waals surface area contributed by atoms with Crippen molar-refractivity contribution >= 4 is 27.3 Å². The van der Waals surface area contributed by atoms with Gasteiger partial charge in [0.2, 0.25) is 10.0 Å². The summed E-state index contributed by atoms with van der Waals surface area (Å²) >= 11 is 0. The van der Waals surface area contributed by atoms with Crippen LogP contribution in [0.2, 0.25) is 0 Å². The number of rotatable bonds is 12. The van der Waals surface area contributed by atoms with Crippen LogP contribution in [0, 0.1) is 0 Å². The molecule has 1 N–H and O–H groups in total. The van der Waals surface area contributed by atoms with Crippen molar-refractivity contribution in [2.45, 2.75) is 19.5 Å². The maximum absolute atomic E-state index is 12.7. The molecule has 2 aromatic carbocycles. The van der Waals surface area contributed by atoms with Crippen LogP contribution in [0.1, 0.15) is 23.1 Å². The molecule has 0 aliphatic carbocycles. The van der Waals surface area contributed by atoms with Gasteiger partial charge in [0.1, 0.15) is 0 Å². The lowest BCUT2D eigenvalue weighted by molar-refractivity contribution is 0.0283. The number of urea groups is 1. The number of carbonyl (C=O) groups excluding carboxylic acids is 1. The second-order valence-corrected chi connectivity index (χ2v) is 11.1. The summed E-state index contributed by atoms with van der Waals surface area (Å²) in [5.74, 6) is -0.0509. The van der Waals surface area contributed by atoms with Crippen LogP contribution in [0.25, 0.3) is 5.57 Å². The highest BCUT2D eigenvalue weighted by molar-refractivity contribution is 7.89. The number of fused-ring (bicyclic) bond motifs is 1. The van der Waals surface area contributed by atoms with Crippen molar-refractivity contribution in [3.8, 4) is 0 Å². The number of hydrogen-bond acceptors (Lipinski definition) is 6. The van der Waals surface area contributed by atoms with Gasteiger partial charge < -0.3 is 24.4 Å². The van der Waals surface area contributed by atoms with Gasteiger partial charge in [0.25, 0.3) is 0 Å². The Bertz CT molecular complexity index is 1160. The molecule has 0 radical (unpaired) electrons. The Morgan fingerprint density at radius 3 is 2.19 bits per heavy atom. The molecule has 0 atom stereocenters. The average Bonchev–Trinajstić information content (AvgIpc) is 3.35. The fraction of sp³-hybridized carbons (Fsp3) is 0.444. The number of amides is 2. The van der Waals surface area contributed by atoms with Crippen LogP contribution < -0.4 is 5.32 Å². The standard InChI is InChI=1S/C27H35N3O6S/c1-34-14-15-35-16-17-36-18-19-37(32,33)30-12-10-23(11-13-30)22-6-8-26(9-7-22)28-27(31)29-20-24-4-2-3-5-25(24)21-29/h2-10H,11-21H2,1H3,(H,28,31). The molecule has 0 bridgehead atoms. The Kier molecular flexibility index (Phi) is 9.70. The van der Waals surface area contributed by atoms with Crippen molar-refractivity contribution in [3.63, 3.8) is 0 Å². The number of anilines is 1. The summed E-state index contributed by atoms with van der Waals surface area (Å²) in [5, 5.41) is 2.97. The van der Waals surface area contributed by atoms with Gasteiger partial charge >= 0.3 is 6.03 Å². The molecule has 0 unspecified atom stereocenters. The zero-order valence-electron chi connectivity index (χ0n) is 21.2. The molecule has 2 heterocycles. The van der Waals surface area contributed by atoms with Gasteiger partial charge in [-0.3, -0.25) is 0 Å². The molecule has 9 nitrogen and oxygen atoms in total. The summed E-state index contributed by atoms with van der Waals surface area (Å²) in [6.07, 6.45) is 2.59. The number of benzene rings is 2. The molecule has 10 heteroatoms. The molecule has 0 saturated carbocycles. The highest BCUT2D eigenvalue weighted by Crippen LogP contribution is 2.26. The monoisotopic (exact) mass is 529 g/mol. The first-order valence-corrected chi connectivity index (χ1v) is 14.1. The van der Waals surface area contributed by atoms with Crippen LogP contribution >= 0.6 is 0 Å². The normalized spacial score (nSPS) is 15.9. The Hall–Kier alpha value is -2.76. The van der Waals surface area contributed by atoms with Crippen LogP contribution in [0.3, 0.4) is 0 Å². The van der Waals surface area contributed by atoms with Gasteiger partial charge in [-0.2, -0.15) is 4.31 Å². The van der Waals surface area contributed by atoms with Crippen molar-refractivity contribution in [3.05, 3.63) is 71.3 Å². The lowest BCUT2D eigenvalue weighted by atomic mass is 10.0. The van der Waals surface area contributed by atoms with Crippen LogP contribution in [0.5, 0.6) is 0 Å². The zero-order chi connectivity index (χ0) is 26.1. The van der Waals surface area contributed by atoms with E-state index in [1.165, 1.54) is 15.4 Å². The van der Waals surface area contributed by atoms with E-state index in [1.807, 2.05) is 42.5 Å². The number of nitrogens with one attached hydrogen (secondary N) is 1. The maximum atomic E-state index is 12.7. The van der Waals surface area contributed by atoms with E-state index >= 15 is 0 Å². The van der Waals surface area contributed by atoms with Gasteiger partial charge in [0.05, 0.1) is 38.8 Å². The molecule has 0 fully saturated rings. The molecule has 37 heavy (non-hydrogen) atoms. The van der Waals surface area contributed by atoms with Crippen molar-refractivity contribution in [1.82, 2.24) is 9.21 Å². The van der Waals surface area contributed by atoms with Gasteiger partial charge in [-0.15, -0.1) is 0 Å². The van der Waals surface area contributed by atoms with E-state index < -0.39 is 10.0 Å². The molecular weight excluding hydrogens is 494 g/mol. The van der Waals surface area contributed by atoms with Crippen molar-refractivity contribution in [1.29, 1.82) is 0 Å². The summed E-state index contributed by atoms with van der Waals surface area (Å²) in [5.41, 5.74) is 5.23. The number of carbonyl (C=O) groups is 1. The van der Waals surface area contributed by atoms with Crippen molar-refractivity contribution in [2.75, 3.05) is 64.3 Å². The van der Waals surface area contributed by atoms with Gasteiger partial charge in [-0.25, -0.2) is 13.2 Å². The highest BCUT2D eigenvalue weighted by atomic mass is 32.2. The van der Waals surface area contributed by atoms with E-state index in [1.54, 1.807) is 12.0 Å². The quantitative estimate of drug-likeness (QED) is 0.424. The third kappa shape index (κ3) is 7.62. The molecule has 2 aliphatic rings. The Morgan fingerprint density at radius 2 is 1.57 bits per heavy atom. The van der Waals surface area contributed by atoms with Gasteiger partial charge in [-0.05, 0) is 40.8 Å². The molecule has 2 amide bonds. The smallest absolute Gasteiger partial charge is 0.322 e. The van der Waals surface area contributed by atoms with Crippen molar-refractivity contribution in [2.24, 2.45) is 0 Å². The number of hydrogen-bond donors (Lipinski definition) is 1. The summed E-state index contributed by atoms with van der Waals surface area (Å²) in [6, 6.07) is 15.7. The molecular formula is C27H35N3O6S. The van der Waals surface area contributed by atoms with Crippen LogP contribution in [0.4, 0.5) is 10.5 Å². The molecule has 0 aromatic heterocycles. The summed E-state index contributed by atoms with van der Waals surface area (Å²) < 4.78 is 42.4. The molecule has 0 saturated heterocycles. The zero-order valence-corrected chi connectivity index (χ0v) is 22.0. The minimum atomic E-state index is -3.39. The third-order valence-corrected chi connectivity index (χ3v) is 8.29. The first-order chi connectivity index (χ1) is 18.0. The number of ether oxygens (including phenoxy) is 3. The third-order valence-electron chi connectivity index (χ3n) is 6.49. The van der Waals surface area contributed by atoms with E-state index in [4.69, 9.17) is 14.2 Å². The van der Waals surface area contributed by atoms with E-state index in [0.29, 0.717) is 59.0 Å². The molecule has 2 aliphatic heterocycles. The Balaban J connectivity index is 1.21. The predicted octanol–water partition coefficient (Wildman–Crippen LogP) is 3.33. The molecule has 0 spiro atoms. The fourth-order valence-electron chi connectivity index (χ4n) is 4.37. The minimum absolute atomic E-state index is 0.0509. The predicted molar refractivity (Wildman–Crippen MR) is 143 cm³/mol. The SMILES string of the molecule is COCCOCCOCCS(=O)(=O)N1CC=C(c2ccc(NC(=O)N3Cc4ccccc4C3)cc2)CC1. The Morgan fingerprint density at radius 1 is 0.919 bits per heavy atom. The molecule has 4 rings (SSSR count). The van der Waals surface area contributed by atoms with Crippen LogP contribution in [0.15, 0.2) is 54.6 Å². The lowest BCUT2D eigenvalue weighted by Gasteiger charge is -2.26. The van der Waals surface area contributed by atoms with Crippen LogP contribution in [-0.4, -0.2) is 82.6 Å². The number of sulfonamides is 1. The van der Waals surface area contributed by atoms with Crippen molar-refractivity contribution < 1.29 is 27.4 Å². The van der Waals surface area contributed by atoms with Gasteiger partial charge in [0, 0.05) is 39.0 Å². The van der Waals surface area contributed by atoms with Gasteiger partial charge in [0.15, 0.2) is 0 Å². The van der Waals surface area contributed by atoms with Crippen LogP contribution in [-0.2, 0) is 37.3 Å². The number of nitrogens with zero attached hydrogens (tertiary/aromatic N) is 2. The highest BCUT2D eigenvalue weighted by Gasteiger charge is 2.25. The Labute approximate surface area is 219 Å². The second kappa shape index (κ2) is 13.2.